The molecular formula is C9H15N. The van der Waals surface area contributed by atoms with Crippen molar-refractivity contribution < 1.29 is 0 Å². The van der Waals surface area contributed by atoms with Crippen LogP contribution in [0.4, 0.5) is 0 Å². The van der Waals surface area contributed by atoms with Crippen molar-refractivity contribution in [2.75, 3.05) is 0 Å². The van der Waals surface area contributed by atoms with E-state index >= 15 is 0 Å². The number of hydrogen-bond donors (Lipinski definition) is 0. The number of hydrogen-bond acceptors (Lipinski definition) is 1. The predicted molar refractivity (Wildman–Crippen MR) is 42.7 cm³/mol. The normalized spacial score (nSPS) is 38.3. The number of allylic oxidation sites excluding steroid dienone is 1. The maximum Gasteiger partial charge on any atom is 0.0491 e. The molecule has 1 heteroatoms. The SMILES string of the molecule is CC=CN1C2CCCCC21. The molecule has 0 amide bonds. The molecule has 1 heterocycles. The maximum atomic E-state index is 2.51. The largest absolute Gasteiger partial charge is 0.368 e. The van der Waals surface area contributed by atoms with Gasteiger partial charge in [-0.25, -0.2) is 0 Å². The molecule has 0 aromatic carbocycles. The van der Waals surface area contributed by atoms with Crippen LogP contribution < -0.4 is 0 Å². The van der Waals surface area contributed by atoms with E-state index in [4.69, 9.17) is 0 Å². The highest BCUT2D eigenvalue weighted by Crippen LogP contribution is 2.40. The lowest BCUT2D eigenvalue weighted by atomic mass is 10.0. The topological polar surface area (TPSA) is 3.01 Å². The molecule has 1 aliphatic heterocycles. The molecule has 2 aliphatic rings. The Labute approximate surface area is 62.7 Å². The van der Waals surface area contributed by atoms with Crippen LogP contribution >= 0.6 is 0 Å². The predicted octanol–water partition coefficient (Wildman–Crippen LogP) is 2.15. The smallest absolute Gasteiger partial charge is 0.0491 e. The molecule has 0 radical (unpaired) electrons. The fourth-order valence-electron chi connectivity index (χ4n) is 2.14. The highest BCUT2D eigenvalue weighted by molar-refractivity contribution is 5.09. The van der Waals surface area contributed by atoms with E-state index in [2.05, 4.69) is 24.1 Å². The van der Waals surface area contributed by atoms with E-state index < -0.39 is 0 Å². The van der Waals surface area contributed by atoms with E-state index in [1.165, 1.54) is 25.7 Å². The first-order valence-electron chi connectivity index (χ1n) is 4.34. The van der Waals surface area contributed by atoms with Crippen LogP contribution in [0.3, 0.4) is 0 Å². The molecule has 0 aromatic heterocycles. The third-order valence-electron chi connectivity index (χ3n) is 2.69. The number of likely N-dealkylation sites (tertiary alicyclic amines) is 1. The molecule has 0 N–H and O–H groups in total. The molecule has 1 nitrogen and oxygen atoms in total. The molecule has 1 aliphatic carbocycles. The van der Waals surface area contributed by atoms with Crippen LogP contribution in [0.1, 0.15) is 32.6 Å². The minimum atomic E-state index is 0.935. The molecule has 56 valence electrons. The average molecular weight is 137 g/mol. The van der Waals surface area contributed by atoms with Crippen molar-refractivity contribution in [2.45, 2.75) is 44.7 Å². The summed E-state index contributed by atoms with van der Waals surface area (Å²) in [7, 11) is 0. The van der Waals surface area contributed by atoms with Crippen molar-refractivity contribution in [1.29, 1.82) is 0 Å². The van der Waals surface area contributed by atoms with Crippen molar-refractivity contribution in [3.63, 3.8) is 0 Å². The molecular weight excluding hydrogens is 122 g/mol. The molecule has 2 atom stereocenters. The number of nitrogens with zero attached hydrogens (tertiary/aromatic N) is 1. The van der Waals surface area contributed by atoms with Gasteiger partial charge in [0.1, 0.15) is 0 Å². The highest BCUT2D eigenvalue weighted by Gasteiger charge is 2.45. The minimum absolute atomic E-state index is 0.935. The first-order chi connectivity index (χ1) is 4.93. The van der Waals surface area contributed by atoms with E-state index in [-0.39, 0.29) is 0 Å². The van der Waals surface area contributed by atoms with Crippen LogP contribution in [-0.2, 0) is 0 Å². The Bertz CT molecular complexity index is 139. The highest BCUT2D eigenvalue weighted by atomic mass is 15.3. The van der Waals surface area contributed by atoms with E-state index in [0.29, 0.717) is 0 Å². The molecule has 2 fully saturated rings. The zero-order chi connectivity index (χ0) is 6.97. The molecule has 0 aromatic rings. The summed E-state index contributed by atoms with van der Waals surface area (Å²) in [5.74, 6) is 0. The van der Waals surface area contributed by atoms with Gasteiger partial charge in [0.25, 0.3) is 0 Å². The van der Waals surface area contributed by atoms with Gasteiger partial charge in [-0.3, -0.25) is 0 Å². The van der Waals surface area contributed by atoms with Gasteiger partial charge in [0.05, 0.1) is 0 Å². The lowest BCUT2D eigenvalue weighted by Gasteiger charge is -2.01. The Morgan fingerprint density at radius 3 is 2.30 bits per heavy atom. The van der Waals surface area contributed by atoms with Gasteiger partial charge in [-0.05, 0) is 26.0 Å². The second-order valence-electron chi connectivity index (χ2n) is 3.35. The Morgan fingerprint density at radius 2 is 1.80 bits per heavy atom. The molecule has 2 rings (SSSR count). The molecule has 1 saturated heterocycles. The Balaban J connectivity index is 1.93. The van der Waals surface area contributed by atoms with Crippen LogP contribution in [-0.4, -0.2) is 17.0 Å². The van der Waals surface area contributed by atoms with E-state index in [1.54, 1.807) is 0 Å². The van der Waals surface area contributed by atoms with Crippen LogP contribution in [0.5, 0.6) is 0 Å². The summed E-state index contributed by atoms with van der Waals surface area (Å²) in [6, 6.07) is 1.87. The standard InChI is InChI=1S/C9H15N/c1-2-7-10-8-5-3-4-6-9(8)10/h2,7-9H,3-6H2,1H3. The van der Waals surface area contributed by atoms with E-state index in [1.807, 2.05) is 0 Å². The van der Waals surface area contributed by atoms with E-state index in [9.17, 15) is 0 Å². The zero-order valence-corrected chi connectivity index (χ0v) is 6.59. The quantitative estimate of drug-likeness (QED) is 0.500. The summed E-state index contributed by atoms with van der Waals surface area (Å²) in [5, 5.41) is 0. The summed E-state index contributed by atoms with van der Waals surface area (Å²) in [5.41, 5.74) is 0. The zero-order valence-electron chi connectivity index (χ0n) is 6.59. The fourth-order valence-corrected chi connectivity index (χ4v) is 2.14. The fraction of sp³-hybridized carbons (Fsp3) is 0.778. The number of rotatable bonds is 1. The first-order valence-corrected chi connectivity index (χ1v) is 4.34. The summed E-state index contributed by atoms with van der Waals surface area (Å²) in [6.07, 6.45) is 10.2. The van der Waals surface area contributed by atoms with Crippen molar-refractivity contribution in [3.8, 4) is 0 Å². The van der Waals surface area contributed by atoms with Crippen molar-refractivity contribution in [1.82, 2.24) is 4.90 Å². The van der Waals surface area contributed by atoms with Crippen molar-refractivity contribution in [3.05, 3.63) is 12.3 Å². The molecule has 10 heavy (non-hydrogen) atoms. The minimum Gasteiger partial charge on any atom is -0.368 e. The van der Waals surface area contributed by atoms with Gasteiger partial charge in [0.15, 0.2) is 0 Å². The lowest BCUT2D eigenvalue weighted by Crippen LogP contribution is -2.00. The van der Waals surface area contributed by atoms with Gasteiger partial charge in [-0.1, -0.05) is 18.9 Å². The van der Waals surface area contributed by atoms with Crippen LogP contribution in [0.15, 0.2) is 12.3 Å². The lowest BCUT2D eigenvalue weighted by molar-refractivity contribution is 0.571. The van der Waals surface area contributed by atoms with Crippen LogP contribution in [0.25, 0.3) is 0 Å². The van der Waals surface area contributed by atoms with Crippen LogP contribution in [0, 0.1) is 0 Å². The van der Waals surface area contributed by atoms with E-state index in [0.717, 1.165) is 12.1 Å². The monoisotopic (exact) mass is 137 g/mol. The Hall–Kier alpha value is -0.460. The third kappa shape index (κ3) is 0.845. The van der Waals surface area contributed by atoms with Gasteiger partial charge in [-0.15, -0.1) is 0 Å². The summed E-state index contributed by atoms with van der Waals surface area (Å²) in [4.78, 5) is 2.51. The molecule has 2 unspecified atom stereocenters. The summed E-state index contributed by atoms with van der Waals surface area (Å²) in [6.45, 7) is 2.10. The van der Waals surface area contributed by atoms with Gasteiger partial charge >= 0.3 is 0 Å². The van der Waals surface area contributed by atoms with Gasteiger partial charge in [0.2, 0.25) is 0 Å². The second-order valence-corrected chi connectivity index (χ2v) is 3.35. The molecule has 0 bridgehead atoms. The first kappa shape index (κ1) is 6.26. The Morgan fingerprint density at radius 1 is 1.20 bits per heavy atom. The third-order valence-corrected chi connectivity index (χ3v) is 2.69. The van der Waals surface area contributed by atoms with Crippen LogP contribution in [0.2, 0.25) is 0 Å². The van der Waals surface area contributed by atoms with Crippen molar-refractivity contribution >= 4 is 0 Å². The van der Waals surface area contributed by atoms with Gasteiger partial charge < -0.3 is 4.90 Å². The second kappa shape index (κ2) is 2.30. The van der Waals surface area contributed by atoms with Crippen molar-refractivity contribution in [2.24, 2.45) is 0 Å². The average Bonchev–Trinajstić information content (AvgIpc) is 2.66. The molecule has 1 saturated carbocycles. The van der Waals surface area contributed by atoms with Gasteiger partial charge in [-0.2, -0.15) is 0 Å². The Kier molecular flexibility index (Phi) is 1.44. The summed E-state index contributed by atoms with van der Waals surface area (Å²) >= 11 is 0. The number of fused-ring (bicyclic) bond motifs is 1. The van der Waals surface area contributed by atoms with Gasteiger partial charge in [0, 0.05) is 12.1 Å². The maximum absolute atomic E-state index is 2.51. The molecule has 0 spiro atoms. The summed E-state index contributed by atoms with van der Waals surface area (Å²) < 4.78 is 0.